The van der Waals surface area contributed by atoms with E-state index in [4.69, 9.17) is 4.74 Å². The number of pyridine rings is 1. The van der Waals surface area contributed by atoms with Gasteiger partial charge in [0.25, 0.3) is 17.8 Å². The molecule has 1 aliphatic rings. The third-order valence-corrected chi connectivity index (χ3v) is 4.63. The van der Waals surface area contributed by atoms with Gasteiger partial charge in [0, 0.05) is 30.7 Å². The first-order chi connectivity index (χ1) is 12.9. The highest BCUT2D eigenvalue weighted by atomic mass is 79.9. The van der Waals surface area contributed by atoms with Crippen LogP contribution in [0.5, 0.6) is 5.75 Å². The van der Waals surface area contributed by atoms with Gasteiger partial charge >= 0.3 is 0 Å². The van der Waals surface area contributed by atoms with Gasteiger partial charge in [0.15, 0.2) is 6.61 Å². The molecule has 0 unspecified atom stereocenters. The van der Waals surface area contributed by atoms with Crippen LogP contribution in [0.3, 0.4) is 0 Å². The molecule has 1 aromatic carbocycles. The Labute approximate surface area is 160 Å². The number of aromatic nitrogens is 1. The Morgan fingerprint density at radius 2 is 1.56 bits per heavy atom. The Balaban J connectivity index is 1.59. The normalized spacial score (nSPS) is 14.4. The van der Waals surface area contributed by atoms with Crippen molar-refractivity contribution in [2.45, 2.75) is 0 Å². The van der Waals surface area contributed by atoms with Crippen molar-refractivity contribution in [3.05, 3.63) is 52.3 Å². The maximum atomic E-state index is 13.8. The number of nitrogens with zero attached hydrogens (tertiary/aromatic N) is 3. The third-order valence-electron chi connectivity index (χ3n) is 4.10. The molecular formula is C17H14BrF4N3O2. The van der Waals surface area contributed by atoms with Crippen LogP contribution in [0.1, 0.15) is 0 Å². The van der Waals surface area contributed by atoms with Gasteiger partial charge in [-0.3, -0.25) is 4.79 Å². The number of halogens is 5. The van der Waals surface area contributed by atoms with E-state index in [1.165, 1.54) is 4.90 Å². The number of piperazine rings is 1. The van der Waals surface area contributed by atoms with Crippen LogP contribution in [0.15, 0.2) is 28.7 Å². The van der Waals surface area contributed by atoms with Crippen molar-refractivity contribution in [3.8, 4) is 5.75 Å². The second kappa shape index (κ2) is 8.12. The van der Waals surface area contributed by atoms with E-state index < -0.39 is 29.2 Å². The van der Waals surface area contributed by atoms with Gasteiger partial charge in [0.05, 0.1) is 0 Å². The van der Waals surface area contributed by atoms with Crippen molar-refractivity contribution in [1.29, 1.82) is 0 Å². The van der Waals surface area contributed by atoms with Crippen LogP contribution in [0, 0.1) is 23.5 Å². The van der Waals surface area contributed by atoms with E-state index in [1.807, 2.05) is 0 Å². The Hall–Kier alpha value is -2.36. The first-order valence-corrected chi connectivity index (χ1v) is 8.77. The molecular weight excluding hydrogens is 434 g/mol. The number of anilines is 1. The number of benzene rings is 1. The fourth-order valence-electron chi connectivity index (χ4n) is 2.70. The van der Waals surface area contributed by atoms with E-state index in [2.05, 4.69) is 20.9 Å². The maximum Gasteiger partial charge on any atom is 0.260 e. The molecule has 0 spiro atoms. The van der Waals surface area contributed by atoms with Crippen LogP contribution in [-0.4, -0.2) is 48.6 Å². The number of carbonyl (C=O) groups excluding carboxylic acids is 1. The van der Waals surface area contributed by atoms with Crippen LogP contribution >= 0.6 is 15.9 Å². The van der Waals surface area contributed by atoms with Gasteiger partial charge in [-0.25, -0.2) is 0 Å². The van der Waals surface area contributed by atoms with Crippen molar-refractivity contribution in [1.82, 2.24) is 9.88 Å². The molecule has 0 radical (unpaired) electrons. The quantitative estimate of drug-likeness (QED) is 0.533. The fraction of sp³-hybridized carbons (Fsp3) is 0.294. The van der Waals surface area contributed by atoms with Crippen molar-refractivity contribution >= 4 is 27.5 Å². The molecule has 1 fully saturated rings. The molecule has 0 atom stereocenters. The number of hydrogen-bond acceptors (Lipinski definition) is 4. The van der Waals surface area contributed by atoms with Crippen LogP contribution in [0.4, 0.5) is 23.2 Å². The van der Waals surface area contributed by atoms with Crippen LogP contribution in [-0.2, 0) is 4.79 Å². The van der Waals surface area contributed by atoms with Crippen molar-refractivity contribution in [3.63, 3.8) is 0 Å². The predicted molar refractivity (Wildman–Crippen MR) is 92.5 cm³/mol. The first-order valence-electron chi connectivity index (χ1n) is 7.98. The maximum absolute atomic E-state index is 13.8. The van der Waals surface area contributed by atoms with Gasteiger partial charge in [-0.2, -0.15) is 22.5 Å². The zero-order valence-corrected chi connectivity index (χ0v) is 15.5. The van der Waals surface area contributed by atoms with Crippen molar-refractivity contribution < 1.29 is 27.1 Å². The van der Waals surface area contributed by atoms with Gasteiger partial charge in [-0.05, 0) is 24.3 Å². The number of amides is 1. The SMILES string of the molecule is O=C(COc1ccc(Br)cc1)N1CCN(c2c(F)c(F)nc(F)c2F)CC1. The minimum atomic E-state index is -1.70. The molecule has 2 aromatic rings. The fourth-order valence-corrected chi connectivity index (χ4v) is 2.96. The highest BCUT2D eigenvalue weighted by Crippen LogP contribution is 2.27. The predicted octanol–water partition coefficient (Wildman–Crippen LogP) is 3.13. The summed E-state index contributed by atoms with van der Waals surface area (Å²) in [6.45, 7) is 0.102. The molecule has 2 heterocycles. The lowest BCUT2D eigenvalue weighted by molar-refractivity contribution is -0.133. The zero-order chi connectivity index (χ0) is 19.6. The highest BCUT2D eigenvalue weighted by Gasteiger charge is 2.29. The summed E-state index contributed by atoms with van der Waals surface area (Å²) in [5.41, 5.74) is -0.807. The monoisotopic (exact) mass is 447 g/mol. The molecule has 1 aromatic heterocycles. The molecule has 5 nitrogen and oxygen atoms in total. The van der Waals surface area contributed by atoms with Gasteiger partial charge in [0.1, 0.15) is 11.4 Å². The minimum absolute atomic E-state index is 0.0146. The van der Waals surface area contributed by atoms with Gasteiger partial charge in [-0.1, -0.05) is 15.9 Å². The smallest absolute Gasteiger partial charge is 0.260 e. The minimum Gasteiger partial charge on any atom is -0.484 e. The summed E-state index contributed by atoms with van der Waals surface area (Å²) < 4.78 is 60.5. The lowest BCUT2D eigenvalue weighted by atomic mass is 10.2. The van der Waals surface area contributed by atoms with Crippen molar-refractivity contribution in [2.24, 2.45) is 0 Å². The number of carbonyl (C=O) groups is 1. The molecule has 144 valence electrons. The Morgan fingerprint density at radius 3 is 2.11 bits per heavy atom. The van der Waals surface area contributed by atoms with Crippen LogP contribution in [0.25, 0.3) is 0 Å². The van der Waals surface area contributed by atoms with Crippen molar-refractivity contribution in [2.75, 3.05) is 37.7 Å². The summed E-state index contributed by atoms with van der Waals surface area (Å²) in [5, 5.41) is 0. The van der Waals surface area contributed by atoms with E-state index >= 15 is 0 Å². The number of rotatable bonds is 4. The highest BCUT2D eigenvalue weighted by molar-refractivity contribution is 9.10. The van der Waals surface area contributed by atoms with E-state index in [-0.39, 0.29) is 38.7 Å². The van der Waals surface area contributed by atoms with Gasteiger partial charge in [-0.15, -0.1) is 0 Å². The summed E-state index contributed by atoms with van der Waals surface area (Å²) in [4.78, 5) is 17.4. The molecule has 10 heteroatoms. The average Bonchev–Trinajstić information content (AvgIpc) is 2.66. The Morgan fingerprint density at radius 1 is 1.00 bits per heavy atom. The Kier molecular flexibility index (Phi) is 5.83. The van der Waals surface area contributed by atoms with E-state index in [0.29, 0.717) is 5.75 Å². The molecule has 3 rings (SSSR count). The summed E-state index contributed by atoms with van der Waals surface area (Å²) in [5.74, 6) is -6.28. The Bertz CT molecular complexity index is 817. The molecule has 1 amide bonds. The summed E-state index contributed by atoms with van der Waals surface area (Å²) in [6, 6.07) is 6.95. The van der Waals surface area contributed by atoms with Crippen LogP contribution in [0.2, 0.25) is 0 Å². The average molecular weight is 448 g/mol. The molecule has 27 heavy (non-hydrogen) atoms. The summed E-state index contributed by atoms with van der Waals surface area (Å²) >= 11 is 3.29. The lowest BCUT2D eigenvalue weighted by Crippen LogP contribution is -2.50. The molecule has 1 saturated heterocycles. The van der Waals surface area contributed by atoms with E-state index in [0.717, 1.165) is 9.37 Å². The molecule has 0 N–H and O–H groups in total. The molecule has 0 aliphatic carbocycles. The van der Waals surface area contributed by atoms with Gasteiger partial charge in [0.2, 0.25) is 11.6 Å². The number of hydrogen-bond donors (Lipinski definition) is 0. The second-order valence-corrected chi connectivity index (χ2v) is 6.70. The van der Waals surface area contributed by atoms with Crippen LogP contribution < -0.4 is 9.64 Å². The standard InChI is InChI=1S/C17H14BrF4N3O2/c18-10-1-3-11(4-2-10)27-9-12(26)24-5-7-25(8-6-24)15-13(19)16(21)23-17(22)14(15)20/h1-4H,5-9H2. The third kappa shape index (κ3) is 4.32. The molecule has 0 bridgehead atoms. The zero-order valence-electron chi connectivity index (χ0n) is 13.9. The topological polar surface area (TPSA) is 45.7 Å². The molecule has 1 aliphatic heterocycles. The first kappa shape index (κ1) is 19.4. The van der Waals surface area contributed by atoms with E-state index in [9.17, 15) is 22.4 Å². The largest absolute Gasteiger partial charge is 0.484 e. The van der Waals surface area contributed by atoms with Gasteiger partial charge < -0.3 is 14.5 Å². The second-order valence-electron chi connectivity index (χ2n) is 5.78. The summed E-state index contributed by atoms with van der Waals surface area (Å²) in [6.07, 6.45) is 0. The lowest BCUT2D eigenvalue weighted by Gasteiger charge is -2.36. The summed E-state index contributed by atoms with van der Waals surface area (Å²) in [7, 11) is 0. The van der Waals surface area contributed by atoms with E-state index in [1.54, 1.807) is 24.3 Å². The number of ether oxygens (including phenoxy) is 1. The molecule has 0 saturated carbocycles.